The molecule has 0 bridgehead atoms. The van der Waals surface area contributed by atoms with Crippen LogP contribution < -0.4 is 9.64 Å². The van der Waals surface area contributed by atoms with Gasteiger partial charge in [0.1, 0.15) is 23.2 Å². The number of ether oxygens (including phenoxy) is 1. The summed E-state index contributed by atoms with van der Waals surface area (Å²) >= 11 is 0. The van der Waals surface area contributed by atoms with E-state index >= 15 is 0 Å². The highest BCUT2D eigenvalue weighted by atomic mass is 19.1. The number of Topliss-reactive ketones (excluding diaryl/α,β-unsaturated/α-hetero) is 1. The van der Waals surface area contributed by atoms with Crippen molar-refractivity contribution in [2.75, 3.05) is 12.0 Å². The molecule has 2 aromatic heterocycles. The van der Waals surface area contributed by atoms with Crippen LogP contribution in [0.25, 0.3) is 11.3 Å². The average molecular weight is 417 g/mol. The standard InChI is InChI=1S/C24H20FN3O3/c1-31-20-6-2-4-18(25)22(20)23-17-13-28(24(30)16(17)10-11-26-23)21-7-3-5-19(27-21)14-8-9-15(29)12-14/h2-7,10-11,14H,8-9,12-13H2,1H3. The molecule has 31 heavy (non-hydrogen) atoms. The highest BCUT2D eigenvalue weighted by molar-refractivity contribution is 6.10. The number of nitrogens with zero attached hydrogens (tertiary/aromatic N) is 3. The Morgan fingerprint density at radius 2 is 1.97 bits per heavy atom. The second kappa shape index (κ2) is 7.58. The van der Waals surface area contributed by atoms with Crippen LogP contribution in [0.3, 0.4) is 0 Å². The number of halogens is 1. The zero-order chi connectivity index (χ0) is 21.5. The quantitative estimate of drug-likeness (QED) is 0.633. The fourth-order valence-electron chi connectivity index (χ4n) is 4.42. The molecule has 3 heterocycles. The first-order valence-electron chi connectivity index (χ1n) is 10.2. The number of pyridine rings is 2. The second-order valence-electron chi connectivity index (χ2n) is 7.79. The van der Waals surface area contributed by atoms with E-state index in [9.17, 15) is 14.0 Å². The van der Waals surface area contributed by atoms with Gasteiger partial charge in [0.25, 0.3) is 5.91 Å². The summed E-state index contributed by atoms with van der Waals surface area (Å²) in [5, 5.41) is 0. The van der Waals surface area contributed by atoms with Gasteiger partial charge in [-0.15, -0.1) is 0 Å². The number of hydrogen-bond donors (Lipinski definition) is 0. The van der Waals surface area contributed by atoms with Crippen LogP contribution in [0.4, 0.5) is 10.2 Å². The maximum absolute atomic E-state index is 14.7. The molecule has 7 heteroatoms. The monoisotopic (exact) mass is 417 g/mol. The van der Waals surface area contributed by atoms with Gasteiger partial charge in [0.2, 0.25) is 0 Å². The van der Waals surface area contributed by atoms with Crippen LogP contribution >= 0.6 is 0 Å². The second-order valence-corrected chi connectivity index (χ2v) is 7.79. The molecule has 0 radical (unpaired) electrons. The number of aromatic nitrogens is 2. The molecule has 3 aromatic rings. The van der Waals surface area contributed by atoms with Gasteiger partial charge in [0.05, 0.1) is 24.9 Å². The molecule has 156 valence electrons. The minimum atomic E-state index is -0.461. The Labute approximate surface area is 178 Å². The van der Waals surface area contributed by atoms with Gasteiger partial charge in [-0.05, 0) is 36.8 Å². The van der Waals surface area contributed by atoms with E-state index in [1.807, 2.05) is 12.1 Å². The van der Waals surface area contributed by atoms with Crippen molar-refractivity contribution in [1.29, 1.82) is 0 Å². The molecule has 1 aliphatic heterocycles. The number of hydrogen-bond acceptors (Lipinski definition) is 5. The lowest BCUT2D eigenvalue weighted by Crippen LogP contribution is -2.24. The molecule has 2 aliphatic rings. The Hall–Kier alpha value is -3.61. The predicted octanol–water partition coefficient (Wildman–Crippen LogP) is 4.29. The smallest absolute Gasteiger partial charge is 0.260 e. The normalized spacial score (nSPS) is 17.9. The number of ketones is 1. The molecule has 1 saturated carbocycles. The summed E-state index contributed by atoms with van der Waals surface area (Å²) in [6.07, 6.45) is 3.36. The Kier molecular flexibility index (Phi) is 4.73. The van der Waals surface area contributed by atoms with Crippen LogP contribution in [0, 0.1) is 5.82 Å². The first kappa shape index (κ1) is 19.4. The first-order valence-corrected chi connectivity index (χ1v) is 10.2. The highest BCUT2D eigenvalue weighted by Crippen LogP contribution is 2.39. The molecule has 0 saturated heterocycles. The Morgan fingerprint density at radius 1 is 1.13 bits per heavy atom. The van der Waals surface area contributed by atoms with E-state index < -0.39 is 5.82 Å². The van der Waals surface area contributed by atoms with E-state index in [1.165, 1.54) is 19.4 Å². The van der Waals surface area contributed by atoms with Crippen LogP contribution in [0.2, 0.25) is 0 Å². The molecule has 1 aromatic carbocycles. The van der Waals surface area contributed by atoms with E-state index in [-0.39, 0.29) is 29.7 Å². The number of carbonyl (C=O) groups excluding carboxylic acids is 2. The van der Waals surface area contributed by atoms with Gasteiger partial charge in [-0.3, -0.25) is 19.5 Å². The molecule has 1 aliphatic carbocycles. The zero-order valence-corrected chi connectivity index (χ0v) is 17.0. The largest absolute Gasteiger partial charge is 0.496 e. The van der Waals surface area contributed by atoms with Crippen molar-refractivity contribution in [3.05, 3.63) is 71.3 Å². The predicted molar refractivity (Wildman–Crippen MR) is 113 cm³/mol. The molecule has 1 fully saturated rings. The van der Waals surface area contributed by atoms with Gasteiger partial charge < -0.3 is 4.74 Å². The van der Waals surface area contributed by atoms with E-state index in [4.69, 9.17) is 9.72 Å². The van der Waals surface area contributed by atoms with Crippen molar-refractivity contribution < 1.29 is 18.7 Å². The lowest BCUT2D eigenvalue weighted by molar-refractivity contribution is -0.117. The summed E-state index contributed by atoms with van der Waals surface area (Å²) < 4.78 is 20.0. The summed E-state index contributed by atoms with van der Waals surface area (Å²) in [6, 6.07) is 11.8. The van der Waals surface area contributed by atoms with Crippen LogP contribution in [0.5, 0.6) is 5.75 Å². The van der Waals surface area contributed by atoms with E-state index in [0.29, 0.717) is 41.2 Å². The van der Waals surface area contributed by atoms with E-state index in [0.717, 1.165) is 12.1 Å². The minimum Gasteiger partial charge on any atom is -0.496 e. The van der Waals surface area contributed by atoms with Gasteiger partial charge in [-0.2, -0.15) is 0 Å². The summed E-state index contributed by atoms with van der Waals surface area (Å²) in [6.45, 7) is 0.231. The average Bonchev–Trinajstić information content (AvgIpc) is 3.37. The number of carbonyl (C=O) groups is 2. The van der Waals surface area contributed by atoms with Crippen molar-refractivity contribution in [2.24, 2.45) is 0 Å². The molecule has 5 rings (SSSR count). The lowest BCUT2D eigenvalue weighted by Gasteiger charge is -2.17. The van der Waals surface area contributed by atoms with Crippen molar-refractivity contribution in [3.8, 4) is 17.0 Å². The fraction of sp³-hybridized carbons (Fsp3) is 0.250. The molecular weight excluding hydrogens is 397 g/mol. The Morgan fingerprint density at radius 3 is 2.74 bits per heavy atom. The van der Waals surface area contributed by atoms with Gasteiger partial charge in [0, 0.05) is 41.8 Å². The van der Waals surface area contributed by atoms with Crippen molar-refractivity contribution >= 4 is 17.5 Å². The summed E-state index contributed by atoms with van der Waals surface area (Å²) in [7, 11) is 1.47. The summed E-state index contributed by atoms with van der Waals surface area (Å²) in [5.74, 6) is 0.546. The van der Waals surface area contributed by atoms with Gasteiger partial charge >= 0.3 is 0 Å². The van der Waals surface area contributed by atoms with Crippen LogP contribution in [0.15, 0.2) is 48.7 Å². The van der Waals surface area contributed by atoms with E-state index in [1.54, 1.807) is 29.2 Å². The summed E-state index contributed by atoms with van der Waals surface area (Å²) in [5.41, 5.74) is 2.56. The molecule has 1 amide bonds. The van der Waals surface area contributed by atoms with Crippen molar-refractivity contribution in [2.45, 2.75) is 31.7 Å². The minimum absolute atomic E-state index is 0.0902. The lowest BCUT2D eigenvalue weighted by atomic mass is 10.0. The maximum atomic E-state index is 14.7. The third kappa shape index (κ3) is 3.26. The van der Waals surface area contributed by atoms with Crippen LogP contribution in [-0.2, 0) is 11.3 Å². The molecule has 1 atom stereocenters. The molecule has 1 unspecified atom stereocenters. The van der Waals surface area contributed by atoms with Crippen LogP contribution in [-0.4, -0.2) is 28.8 Å². The first-order chi connectivity index (χ1) is 15.1. The zero-order valence-electron chi connectivity index (χ0n) is 17.0. The Balaban J connectivity index is 1.54. The summed E-state index contributed by atoms with van der Waals surface area (Å²) in [4.78, 5) is 35.5. The van der Waals surface area contributed by atoms with Crippen molar-refractivity contribution in [1.82, 2.24) is 9.97 Å². The highest BCUT2D eigenvalue weighted by Gasteiger charge is 2.34. The van der Waals surface area contributed by atoms with Gasteiger partial charge in [-0.25, -0.2) is 9.37 Å². The SMILES string of the molecule is COc1cccc(F)c1-c1nccc2c1CN(c1cccc(C3CCC(=O)C3)n1)C2=O. The fourth-order valence-corrected chi connectivity index (χ4v) is 4.42. The van der Waals surface area contributed by atoms with Crippen molar-refractivity contribution in [3.63, 3.8) is 0 Å². The number of anilines is 1. The molecule has 0 N–H and O–H groups in total. The van der Waals surface area contributed by atoms with E-state index in [2.05, 4.69) is 4.98 Å². The third-order valence-electron chi connectivity index (χ3n) is 5.98. The number of benzene rings is 1. The maximum Gasteiger partial charge on any atom is 0.260 e. The number of rotatable bonds is 4. The third-order valence-corrected chi connectivity index (χ3v) is 5.98. The number of fused-ring (bicyclic) bond motifs is 1. The van der Waals surface area contributed by atoms with Gasteiger partial charge in [-0.1, -0.05) is 12.1 Å². The number of amides is 1. The van der Waals surface area contributed by atoms with Gasteiger partial charge in [0.15, 0.2) is 0 Å². The van der Waals surface area contributed by atoms with Crippen LogP contribution in [0.1, 0.15) is 46.8 Å². The molecular formula is C24H20FN3O3. The number of methoxy groups -OCH3 is 1. The Bertz CT molecular complexity index is 1210. The molecule has 6 nitrogen and oxygen atoms in total. The topological polar surface area (TPSA) is 72.4 Å². The molecule has 0 spiro atoms.